The van der Waals surface area contributed by atoms with Gasteiger partial charge >= 0.3 is 5.97 Å². The third-order valence-electron chi connectivity index (χ3n) is 5.71. The molecule has 6 nitrogen and oxygen atoms in total. The lowest BCUT2D eigenvalue weighted by molar-refractivity contribution is -0.141. The standard InChI is InChI=1S/C25H30N2O4/c1-18-13-15-27(16-14-18)23(28)19(2)31-25(30)22-12-8-7-11-21(22)24(29)26(3)17-20-9-5-4-6-10-20/h4-12,18-19H,13-17H2,1-3H3. The second-order valence-electron chi connectivity index (χ2n) is 8.25. The molecule has 0 saturated carbocycles. The van der Waals surface area contributed by atoms with Gasteiger partial charge in [-0.25, -0.2) is 4.79 Å². The topological polar surface area (TPSA) is 66.9 Å². The summed E-state index contributed by atoms with van der Waals surface area (Å²) in [6, 6.07) is 16.2. The summed E-state index contributed by atoms with van der Waals surface area (Å²) < 4.78 is 5.47. The van der Waals surface area contributed by atoms with Crippen LogP contribution in [-0.2, 0) is 16.1 Å². The van der Waals surface area contributed by atoms with Gasteiger partial charge in [0.15, 0.2) is 6.10 Å². The maximum absolute atomic E-state index is 13.0. The average molecular weight is 423 g/mol. The van der Waals surface area contributed by atoms with Gasteiger partial charge in [-0.15, -0.1) is 0 Å². The molecule has 1 unspecified atom stereocenters. The van der Waals surface area contributed by atoms with E-state index in [9.17, 15) is 14.4 Å². The fourth-order valence-electron chi connectivity index (χ4n) is 3.74. The van der Waals surface area contributed by atoms with Crippen LogP contribution in [0, 0.1) is 5.92 Å². The second-order valence-corrected chi connectivity index (χ2v) is 8.25. The molecule has 3 rings (SSSR count). The van der Waals surface area contributed by atoms with E-state index in [4.69, 9.17) is 4.74 Å². The van der Waals surface area contributed by atoms with Crippen LogP contribution in [0.1, 0.15) is 53.0 Å². The highest BCUT2D eigenvalue weighted by molar-refractivity contribution is 6.05. The number of amides is 2. The first-order valence-corrected chi connectivity index (χ1v) is 10.7. The molecule has 0 N–H and O–H groups in total. The Labute approximate surface area is 183 Å². The molecule has 6 heteroatoms. The van der Waals surface area contributed by atoms with E-state index in [0.29, 0.717) is 25.6 Å². The Morgan fingerprint density at radius 2 is 1.58 bits per heavy atom. The van der Waals surface area contributed by atoms with Gasteiger partial charge in [-0.3, -0.25) is 9.59 Å². The molecule has 1 fully saturated rings. The Morgan fingerprint density at radius 3 is 2.23 bits per heavy atom. The van der Waals surface area contributed by atoms with Crippen LogP contribution in [0.15, 0.2) is 54.6 Å². The average Bonchev–Trinajstić information content (AvgIpc) is 2.79. The molecule has 31 heavy (non-hydrogen) atoms. The zero-order valence-corrected chi connectivity index (χ0v) is 18.4. The Kier molecular flexibility index (Phi) is 7.45. The summed E-state index contributed by atoms with van der Waals surface area (Å²) in [4.78, 5) is 41.8. The van der Waals surface area contributed by atoms with Crippen molar-refractivity contribution in [2.45, 2.75) is 39.3 Å². The number of rotatable bonds is 6. The maximum atomic E-state index is 13.0. The molecule has 0 radical (unpaired) electrons. The van der Waals surface area contributed by atoms with Crippen molar-refractivity contribution in [3.63, 3.8) is 0 Å². The van der Waals surface area contributed by atoms with E-state index < -0.39 is 12.1 Å². The summed E-state index contributed by atoms with van der Waals surface area (Å²) in [5, 5.41) is 0. The molecular formula is C25H30N2O4. The Bertz CT molecular complexity index is 920. The molecule has 0 aliphatic carbocycles. The Hall–Kier alpha value is -3.15. The van der Waals surface area contributed by atoms with Crippen molar-refractivity contribution in [2.24, 2.45) is 5.92 Å². The fourth-order valence-corrected chi connectivity index (χ4v) is 3.74. The van der Waals surface area contributed by atoms with Crippen LogP contribution < -0.4 is 0 Å². The van der Waals surface area contributed by atoms with E-state index in [1.54, 1.807) is 48.0 Å². The van der Waals surface area contributed by atoms with Gasteiger partial charge in [0.2, 0.25) is 0 Å². The van der Waals surface area contributed by atoms with Crippen molar-refractivity contribution >= 4 is 17.8 Å². The molecule has 1 aliphatic rings. The number of carbonyl (C=O) groups is 3. The van der Waals surface area contributed by atoms with Crippen molar-refractivity contribution in [3.8, 4) is 0 Å². The van der Waals surface area contributed by atoms with E-state index in [1.807, 2.05) is 30.3 Å². The van der Waals surface area contributed by atoms with Crippen LogP contribution in [0.25, 0.3) is 0 Å². The molecular weight excluding hydrogens is 392 g/mol. The lowest BCUT2D eigenvalue weighted by Gasteiger charge is -2.32. The van der Waals surface area contributed by atoms with Gasteiger partial charge in [0.25, 0.3) is 11.8 Å². The third kappa shape index (κ3) is 5.72. The lowest BCUT2D eigenvalue weighted by atomic mass is 9.99. The summed E-state index contributed by atoms with van der Waals surface area (Å²) >= 11 is 0. The van der Waals surface area contributed by atoms with E-state index in [2.05, 4.69) is 6.92 Å². The minimum atomic E-state index is -0.897. The molecule has 0 aromatic heterocycles. The van der Waals surface area contributed by atoms with Crippen LogP contribution >= 0.6 is 0 Å². The number of carbonyl (C=O) groups excluding carboxylic acids is 3. The molecule has 164 valence electrons. The largest absolute Gasteiger partial charge is 0.449 e. The zero-order valence-electron chi connectivity index (χ0n) is 18.4. The number of piperidine rings is 1. The Balaban J connectivity index is 1.68. The van der Waals surface area contributed by atoms with E-state index >= 15 is 0 Å². The van der Waals surface area contributed by atoms with Crippen LogP contribution in [-0.4, -0.2) is 53.8 Å². The highest BCUT2D eigenvalue weighted by atomic mass is 16.5. The number of benzene rings is 2. The molecule has 0 spiro atoms. The number of likely N-dealkylation sites (tertiary alicyclic amines) is 1. The molecule has 1 heterocycles. The number of nitrogens with zero attached hydrogens (tertiary/aromatic N) is 2. The number of ether oxygens (including phenoxy) is 1. The first-order valence-electron chi connectivity index (χ1n) is 10.7. The fraction of sp³-hybridized carbons (Fsp3) is 0.400. The molecule has 1 saturated heterocycles. The number of hydrogen-bond donors (Lipinski definition) is 0. The molecule has 2 aromatic rings. The van der Waals surface area contributed by atoms with E-state index in [-0.39, 0.29) is 22.9 Å². The van der Waals surface area contributed by atoms with Gasteiger partial charge in [-0.05, 0) is 43.4 Å². The summed E-state index contributed by atoms with van der Waals surface area (Å²) in [5.74, 6) is -0.526. The predicted octanol–water partition coefficient (Wildman–Crippen LogP) is 3.76. The first kappa shape index (κ1) is 22.5. The van der Waals surface area contributed by atoms with Crippen molar-refractivity contribution in [2.75, 3.05) is 20.1 Å². The van der Waals surface area contributed by atoms with Crippen molar-refractivity contribution in [1.82, 2.24) is 9.80 Å². The van der Waals surface area contributed by atoms with E-state index in [0.717, 1.165) is 18.4 Å². The third-order valence-corrected chi connectivity index (χ3v) is 5.71. The summed E-state index contributed by atoms with van der Waals surface area (Å²) in [5.41, 5.74) is 1.42. The van der Waals surface area contributed by atoms with Gasteiger partial charge in [0, 0.05) is 26.7 Å². The SMILES string of the molecule is CC1CCN(C(=O)C(C)OC(=O)c2ccccc2C(=O)N(C)Cc2ccccc2)CC1. The second kappa shape index (κ2) is 10.2. The minimum absolute atomic E-state index is 0.166. The van der Waals surface area contributed by atoms with Gasteiger partial charge < -0.3 is 14.5 Å². The summed E-state index contributed by atoms with van der Waals surface area (Å²) in [7, 11) is 1.70. The Morgan fingerprint density at radius 1 is 1.00 bits per heavy atom. The predicted molar refractivity (Wildman–Crippen MR) is 119 cm³/mol. The molecule has 2 amide bonds. The van der Waals surface area contributed by atoms with Gasteiger partial charge in [-0.2, -0.15) is 0 Å². The zero-order chi connectivity index (χ0) is 22.4. The highest BCUT2D eigenvalue weighted by Gasteiger charge is 2.28. The maximum Gasteiger partial charge on any atom is 0.339 e. The van der Waals surface area contributed by atoms with Gasteiger partial charge in [0.05, 0.1) is 11.1 Å². The molecule has 1 aliphatic heterocycles. The highest BCUT2D eigenvalue weighted by Crippen LogP contribution is 2.19. The van der Waals surface area contributed by atoms with Crippen molar-refractivity contribution < 1.29 is 19.1 Å². The number of esters is 1. The smallest absolute Gasteiger partial charge is 0.339 e. The van der Waals surface area contributed by atoms with Gasteiger partial charge in [-0.1, -0.05) is 49.4 Å². The van der Waals surface area contributed by atoms with E-state index in [1.165, 1.54) is 0 Å². The van der Waals surface area contributed by atoms with Crippen molar-refractivity contribution in [3.05, 3.63) is 71.3 Å². The summed E-state index contributed by atoms with van der Waals surface area (Å²) in [6.45, 7) is 5.55. The normalized spacial score (nSPS) is 15.3. The molecule has 0 bridgehead atoms. The first-order chi connectivity index (χ1) is 14.9. The van der Waals surface area contributed by atoms with Crippen molar-refractivity contribution in [1.29, 1.82) is 0 Å². The number of hydrogen-bond acceptors (Lipinski definition) is 4. The minimum Gasteiger partial charge on any atom is -0.449 e. The quantitative estimate of drug-likeness (QED) is 0.665. The van der Waals surface area contributed by atoms with Crippen LogP contribution in [0.4, 0.5) is 0 Å². The van der Waals surface area contributed by atoms with Crippen LogP contribution in [0.5, 0.6) is 0 Å². The monoisotopic (exact) mass is 422 g/mol. The summed E-state index contributed by atoms with van der Waals surface area (Å²) in [6.07, 6.45) is 1.01. The lowest BCUT2D eigenvalue weighted by Crippen LogP contribution is -2.44. The van der Waals surface area contributed by atoms with Gasteiger partial charge in [0.1, 0.15) is 0 Å². The van der Waals surface area contributed by atoms with Crippen LogP contribution in [0.2, 0.25) is 0 Å². The molecule has 2 aromatic carbocycles. The van der Waals surface area contributed by atoms with Crippen LogP contribution in [0.3, 0.4) is 0 Å². The molecule has 1 atom stereocenters.